The minimum atomic E-state index is 0.432. The second-order valence-electron chi connectivity index (χ2n) is 4.33. The maximum atomic E-state index is 5.83. The number of ether oxygens (including phenoxy) is 1. The van der Waals surface area contributed by atoms with Crippen molar-refractivity contribution in [1.82, 2.24) is 9.78 Å². The molecule has 3 rings (SSSR count). The van der Waals surface area contributed by atoms with E-state index in [0.29, 0.717) is 11.6 Å². The Labute approximate surface area is 122 Å². The summed E-state index contributed by atoms with van der Waals surface area (Å²) in [5.41, 5.74) is 1.91. The quantitative estimate of drug-likeness (QED) is 0.721. The van der Waals surface area contributed by atoms with E-state index in [9.17, 15) is 0 Å². The molecule has 4 heteroatoms. The average Bonchev–Trinajstić information content (AvgIpc) is 2.97. The fourth-order valence-corrected chi connectivity index (χ4v) is 1.98. The molecule has 0 spiro atoms. The molecule has 20 heavy (non-hydrogen) atoms. The van der Waals surface area contributed by atoms with Crippen molar-refractivity contribution in [2.75, 3.05) is 0 Å². The monoisotopic (exact) mass is 284 g/mol. The number of benzene rings is 2. The van der Waals surface area contributed by atoms with E-state index in [1.165, 1.54) is 0 Å². The predicted molar refractivity (Wildman–Crippen MR) is 79.3 cm³/mol. The van der Waals surface area contributed by atoms with Crippen LogP contribution in [0.15, 0.2) is 66.9 Å². The maximum Gasteiger partial charge on any atom is 0.132 e. The first-order valence-corrected chi connectivity index (χ1v) is 6.67. The van der Waals surface area contributed by atoms with Gasteiger partial charge < -0.3 is 4.74 Å². The van der Waals surface area contributed by atoms with E-state index in [4.69, 9.17) is 16.3 Å². The van der Waals surface area contributed by atoms with E-state index >= 15 is 0 Å². The minimum absolute atomic E-state index is 0.432. The number of nitrogens with zero attached hydrogens (tertiary/aromatic N) is 2. The summed E-state index contributed by atoms with van der Waals surface area (Å²) in [6, 6.07) is 19.2. The second kappa shape index (κ2) is 5.80. The Kier molecular flexibility index (Phi) is 3.70. The van der Waals surface area contributed by atoms with Gasteiger partial charge in [0.2, 0.25) is 0 Å². The van der Waals surface area contributed by atoms with Crippen LogP contribution in [0.2, 0.25) is 5.02 Å². The molecular weight excluding hydrogens is 272 g/mol. The number of hydrogen-bond donors (Lipinski definition) is 0. The molecule has 2 aromatic carbocycles. The number of para-hydroxylation sites is 1. The van der Waals surface area contributed by atoms with E-state index in [1.807, 2.05) is 59.4 Å². The number of hydrogen-bond acceptors (Lipinski definition) is 2. The van der Waals surface area contributed by atoms with E-state index in [2.05, 4.69) is 5.10 Å². The summed E-state index contributed by atoms with van der Waals surface area (Å²) in [5, 5.41) is 5.18. The van der Waals surface area contributed by atoms with Gasteiger partial charge in [-0.25, -0.2) is 4.68 Å². The van der Waals surface area contributed by atoms with Gasteiger partial charge in [0.05, 0.1) is 5.69 Å². The highest BCUT2D eigenvalue weighted by atomic mass is 35.5. The first kappa shape index (κ1) is 12.8. The Bertz CT molecular complexity index is 677. The summed E-state index contributed by atoms with van der Waals surface area (Å²) in [4.78, 5) is 0. The average molecular weight is 285 g/mol. The van der Waals surface area contributed by atoms with Crippen molar-refractivity contribution in [3.63, 3.8) is 0 Å². The van der Waals surface area contributed by atoms with Crippen molar-refractivity contribution >= 4 is 11.6 Å². The Balaban J connectivity index is 1.67. The van der Waals surface area contributed by atoms with Crippen molar-refractivity contribution in [3.8, 4) is 11.4 Å². The lowest BCUT2D eigenvalue weighted by Crippen LogP contribution is -1.99. The lowest BCUT2D eigenvalue weighted by atomic mass is 10.3. The zero-order valence-corrected chi connectivity index (χ0v) is 11.5. The third kappa shape index (κ3) is 3.00. The molecule has 0 atom stereocenters. The topological polar surface area (TPSA) is 27.1 Å². The minimum Gasteiger partial charge on any atom is -0.487 e. The molecule has 0 saturated heterocycles. The molecule has 0 aliphatic rings. The molecule has 3 nitrogen and oxygen atoms in total. The van der Waals surface area contributed by atoms with Gasteiger partial charge >= 0.3 is 0 Å². The Morgan fingerprint density at radius 3 is 2.45 bits per heavy atom. The number of rotatable bonds is 4. The van der Waals surface area contributed by atoms with Crippen LogP contribution in [0.25, 0.3) is 5.69 Å². The largest absolute Gasteiger partial charge is 0.487 e. The normalized spacial score (nSPS) is 10.4. The molecule has 0 N–H and O–H groups in total. The molecule has 0 aliphatic carbocycles. The highest BCUT2D eigenvalue weighted by molar-refractivity contribution is 6.30. The van der Waals surface area contributed by atoms with Crippen LogP contribution in [0.4, 0.5) is 0 Å². The van der Waals surface area contributed by atoms with Gasteiger partial charge in [0.1, 0.15) is 18.1 Å². The van der Waals surface area contributed by atoms with Crippen molar-refractivity contribution in [3.05, 3.63) is 77.6 Å². The molecule has 100 valence electrons. The van der Waals surface area contributed by atoms with Gasteiger partial charge in [0.25, 0.3) is 0 Å². The van der Waals surface area contributed by atoms with Crippen LogP contribution in [0.5, 0.6) is 5.75 Å². The molecule has 0 radical (unpaired) electrons. The lowest BCUT2D eigenvalue weighted by molar-refractivity contribution is 0.300. The van der Waals surface area contributed by atoms with Gasteiger partial charge in [-0.05, 0) is 42.5 Å². The summed E-state index contributed by atoms with van der Waals surface area (Å²) in [7, 11) is 0. The summed E-state index contributed by atoms with van der Waals surface area (Å²) in [5.74, 6) is 0.781. The standard InChI is InChI=1S/C16H13ClN2O/c17-13-6-8-16(9-7-13)20-12-14-10-11-19(18-14)15-4-2-1-3-5-15/h1-11H,12H2. The summed E-state index contributed by atoms with van der Waals surface area (Å²) >= 11 is 5.83. The highest BCUT2D eigenvalue weighted by Crippen LogP contribution is 2.16. The summed E-state index contributed by atoms with van der Waals surface area (Å²) in [6.07, 6.45) is 1.93. The van der Waals surface area contributed by atoms with Gasteiger partial charge in [-0.3, -0.25) is 0 Å². The fraction of sp³-hybridized carbons (Fsp3) is 0.0625. The second-order valence-corrected chi connectivity index (χ2v) is 4.77. The van der Waals surface area contributed by atoms with Crippen LogP contribution < -0.4 is 4.74 Å². The van der Waals surface area contributed by atoms with Crippen LogP contribution in [0.1, 0.15) is 5.69 Å². The smallest absolute Gasteiger partial charge is 0.132 e. The van der Waals surface area contributed by atoms with Crippen molar-refractivity contribution < 1.29 is 4.74 Å². The van der Waals surface area contributed by atoms with Gasteiger partial charge in [-0.15, -0.1) is 0 Å². The first-order chi connectivity index (χ1) is 9.81. The lowest BCUT2D eigenvalue weighted by Gasteiger charge is -2.04. The van der Waals surface area contributed by atoms with Crippen LogP contribution in [0, 0.1) is 0 Å². The summed E-state index contributed by atoms with van der Waals surface area (Å²) in [6.45, 7) is 0.432. The molecule has 3 aromatic rings. The molecule has 0 fully saturated rings. The fourth-order valence-electron chi connectivity index (χ4n) is 1.85. The van der Waals surface area contributed by atoms with E-state index < -0.39 is 0 Å². The molecule has 1 aromatic heterocycles. The van der Waals surface area contributed by atoms with Crippen LogP contribution in [0.3, 0.4) is 0 Å². The Hall–Kier alpha value is -2.26. The van der Waals surface area contributed by atoms with Gasteiger partial charge in [-0.1, -0.05) is 29.8 Å². The number of aromatic nitrogens is 2. The molecule has 1 heterocycles. The van der Waals surface area contributed by atoms with Crippen LogP contribution in [-0.4, -0.2) is 9.78 Å². The van der Waals surface area contributed by atoms with Gasteiger partial charge in [0.15, 0.2) is 0 Å². The molecule has 0 unspecified atom stereocenters. The SMILES string of the molecule is Clc1ccc(OCc2ccn(-c3ccccc3)n2)cc1. The van der Waals surface area contributed by atoms with E-state index in [-0.39, 0.29) is 0 Å². The van der Waals surface area contributed by atoms with Crippen molar-refractivity contribution in [2.24, 2.45) is 0 Å². The van der Waals surface area contributed by atoms with Crippen molar-refractivity contribution in [2.45, 2.75) is 6.61 Å². The molecule has 0 amide bonds. The molecular formula is C16H13ClN2O. The number of halogens is 1. The zero-order valence-electron chi connectivity index (χ0n) is 10.7. The van der Waals surface area contributed by atoms with Crippen LogP contribution in [-0.2, 0) is 6.61 Å². The first-order valence-electron chi connectivity index (χ1n) is 6.29. The van der Waals surface area contributed by atoms with Gasteiger partial charge in [-0.2, -0.15) is 5.10 Å². The van der Waals surface area contributed by atoms with E-state index in [0.717, 1.165) is 17.1 Å². The molecule has 0 saturated carbocycles. The molecule has 0 aliphatic heterocycles. The Morgan fingerprint density at radius 1 is 0.950 bits per heavy atom. The zero-order chi connectivity index (χ0) is 13.8. The predicted octanol–water partition coefficient (Wildman–Crippen LogP) is 4.10. The third-order valence-electron chi connectivity index (χ3n) is 2.87. The summed E-state index contributed by atoms with van der Waals surface area (Å²) < 4.78 is 7.50. The third-order valence-corrected chi connectivity index (χ3v) is 3.12. The van der Waals surface area contributed by atoms with Crippen molar-refractivity contribution in [1.29, 1.82) is 0 Å². The van der Waals surface area contributed by atoms with Crippen LogP contribution >= 0.6 is 11.6 Å². The Morgan fingerprint density at radius 2 is 1.70 bits per heavy atom. The highest BCUT2D eigenvalue weighted by Gasteiger charge is 2.02. The molecule has 0 bridgehead atoms. The van der Waals surface area contributed by atoms with Gasteiger partial charge in [0, 0.05) is 11.2 Å². The maximum absolute atomic E-state index is 5.83. The van der Waals surface area contributed by atoms with E-state index in [1.54, 1.807) is 12.1 Å².